The van der Waals surface area contributed by atoms with Gasteiger partial charge in [0.15, 0.2) is 0 Å². The molecule has 122 valence electrons. The van der Waals surface area contributed by atoms with Crippen molar-refractivity contribution in [2.24, 2.45) is 5.92 Å². The number of rotatable bonds is 8. The summed E-state index contributed by atoms with van der Waals surface area (Å²) in [5.74, 6) is -0.706. The molecule has 1 rings (SSSR count). The monoisotopic (exact) mass is 307 g/mol. The Balaban J connectivity index is 2.69. The van der Waals surface area contributed by atoms with Gasteiger partial charge in [0, 0.05) is 0 Å². The lowest BCUT2D eigenvalue weighted by atomic mass is 9.99. The lowest BCUT2D eigenvalue weighted by molar-refractivity contribution is -0.143. The fourth-order valence-corrected chi connectivity index (χ4v) is 2.09. The highest BCUT2D eigenvalue weighted by Crippen LogP contribution is 2.16. The fraction of sp³-hybridized carbons (Fsp3) is 0.529. The molecule has 22 heavy (non-hydrogen) atoms. The molecule has 0 saturated carbocycles. The Labute approximate surface area is 131 Å². The third-order valence-electron chi connectivity index (χ3n) is 3.43. The molecule has 0 radical (unpaired) electrons. The summed E-state index contributed by atoms with van der Waals surface area (Å²) in [5.41, 5.74) is 0.795. The van der Waals surface area contributed by atoms with Gasteiger partial charge in [0.1, 0.15) is 11.8 Å². The Hall–Kier alpha value is -2.04. The number of carbonyl (C=O) groups is 2. The molecule has 1 aromatic carbocycles. The predicted molar refractivity (Wildman–Crippen MR) is 84.9 cm³/mol. The van der Waals surface area contributed by atoms with Gasteiger partial charge in [-0.05, 0) is 37.5 Å². The van der Waals surface area contributed by atoms with Crippen LogP contribution in [0.15, 0.2) is 24.3 Å². The Morgan fingerprint density at radius 3 is 2.50 bits per heavy atom. The van der Waals surface area contributed by atoms with Crippen LogP contribution < -0.4 is 10.1 Å². The largest absolute Gasteiger partial charge is 0.491 e. The van der Waals surface area contributed by atoms with Crippen molar-refractivity contribution < 1.29 is 19.4 Å². The first kappa shape index (κ1) is 18.0. The van der Waals surface area contributed by atoms with Crippen molar-refractivity contribution in [2.45, 2.75) is 52.7 Å². The first-order valence-electron chi connectivity index (χ1n) is 7.61. The van der Waals surface area contributed by atoms with Crippen LogP contribution in [0.1, 0.15) is 39.7 Å². The number of carboxylic acids is 1. The molecule has 0 spiro atoms. The molecule has 2 atom stereocenters. The maximum Gasteiger partial charge on any atom is 0.326 e. The first-order valence-corrected chi connectivity index (χ1v) is 7.61. The highest BCUT2D eigenvalue weighted by molar-refractivity contribution is 5.85. The molecule has 0 aliphatic carbocycles. The molecule has 0 aromatic heterocycles. The average molecular weight is 307 g/mol. The van der Waals surface area contributed by atoms with Gasteiger partial charge < -0.3 is 15.2 Å². The van der Waals surface area contributed by atoms with Crippen molar-refractivity contribution in [1.82, 2.24) is 5.32 Å². The quantitative estimate of drug-likeness (QED) is 0.774. The zero-order valence-corrected chi connectivity index (χ0v) is 13.6. The number of hydrogen-bond acceptors (Lipinski definition) is 3. The van der Waals surface area contributed by atoms with E-state index in [-0.39, 0.29) is 24.3 Å². The van der Waals surface area contributed by atoms with Crippen LogP contribution in [0, 0.1) is 5.92 Å². The molecule has 1 aromatic rings. The maximum absolute atomic E-state index is 12.1. The van der Waals surface area contributed by atoms with E-state index in [4.69, 9.17) is 4.74 Å². The van der Waals surface area contributed by atoms with E-state index in [1.54, 1.807) is 6.07 Å². The molecule has 0 aliphatic rings. The molecule has 1 amide bonds. The summed E-state index contributed by atoms with van der Waals surface area (Å²) >= 11 is 0. The SMILES string of the molecule is CCC(C)C(NC(=O)Cc1cccc(OC(C)C)c1)C(=O)O. The Kier molecular flexibility index (Phi) is 6.89. The van der Waals surface area contributed by atoms with Crippen LogP contribution in [0.25, 0.3) is 0 Å². The minimum absolute atomic E-state index is 0.0610. The second kappa shape index (κ2) is 8.41. The average Bonchev–Trinajstić information content (AvgIpc) is 2.43. The number of nitrogens with one attached hydrogen (secondary N) is 1. The number of carbonyl (C=O) groups excluding carboxylic acids is 1. The van der Waals surface area contributed by atoms with Crippen molar-refractivity contribution >= 4 is 11.9 Å². The van der Waals surface area contributed by atoms with Gasteiger partial charge in [0.2, 0.25) is 5.91 Å². The van der Waals surface area contributed by atoms with Crippen LogP contribution in [0.5, 0.6) is 5.75 Å². The Morgan fingerprint density at radius 2 is 1.95 bits per heavy atom. The van der Waals surface area contributed by atoms with Gasteiger partial charge in [-0.15, -0.1) is 0 Å². The van der Waals surface area contributed by atoms with Gasteiger partial charge in [-0.3, -0.25) is 4.79 Å². The molecule has 0 saturated heterocycles. The minimum Gasteiger partial charge on any atom is -0.491 e. The zero-order chi connectivity index (χ0) is 16.7. The molecular formula is C17H25NO4. The summed E-state index contributed by atoms with van der Waals surface area (Å²) in [6.45, 7) is 7.58. The summed E-state index contributed by atoms with van der Waals surface area (Å²) in [6, 6.07) is 6.43. The molecule has 0 heterocycles. The molecule has 5 heteroatoms. The maximum atomic E-state index is 12.1. The molecule has 2 N–H and O–H groups in total. The summed E-state index contributed by atoms with van der Waals surface area (Å²) in [4.78, 5) is 23.3. The van der Waals surface area contributed by atoms with E-state index >= 15 is 0 Å². The van der Waals surface area contributed by atoms with E-state index in [1.807, 2.05) is 45.9 Å². The fourth-order valence-electron chi connectivity index (χ4n) is 2.09. The van der Waals surface area contributed by atoms with Gasteiger partial charge >= 0.3 is 5.97 Å². The van der Waals surface area contributed by atoms with Crippen LogP contribution in [-0.4, -0.2) is 29.1 Å². The third-order valence-corrected chi connectivity index (χ3v) is 3.43. The van der Waals surface area contributed by atoms with Crippen LogP contribution in [-0.2, 0) is 16.0 Å². The summed E-state index contributed by atoms with van der Waals surface area (Å²) in [7, 11) is 0. The highest BCUT2D eigenvalue weighted by atomic mass is 16.5. The Bertz CT molecular complexity index is 513. The minimum atomic E-state index is -1.00. The number of amides is 1. The van der Waals surface area contributed by atoms with E-state index in [2.05, 4.69) is 5.32 Å². The Morgan fingerprint density at radius 1 is 1.27 bits per heavy atom. The lowest BCUT2D eigenvalue weighted by Crippen LogP contribution is -2.45. The second-order valence-corrected chi connectivity index (χ2v) is 5.76. The van der Waals surface area contributed by atoms with Crippen molar-refractivity contribution in [3.8, 4) is 5.75 Å². The second-order valence-electron chi connectivity index (χ2n) is 5.76. The number of carboxylic acid groups (broad SMARTS) is 1. The van der Waals surface area contributed by atoms with E-state index in [9.17, 15) is 14.7 Å². The molecule has 2 unspecified atom stereocenters. The van der Waals surface area contributed by atoms with E-state index in [0.29, 0.717) is 12.2 Å². The molecule has 0 bridgehead atoms. The van der Waals surface area contributed by atoms with Crippen molar-refractivity contribution in [3.05, 3.63) is 29.8 Å². The molecular weight excluding hydrogens is 282 g/mol. The number of benzene rings is 1. The number of hydrogen-bond donors (Lipinski definition) is 2. The van der Waals surface area contributed by atoms with Gasteiger partial charge in [0.25, 0.3) is 0 Å². The van der Waals surface area contributed by atoms with Gasteiger partial charge in [-0.2, -0.15) is 0 Å². The topological polar surface area (TPSA) is 75.6 Å². The summed E-state index contributed by atoms with van der Waals surface area (Å²) < 4.78 is 5.59. The normalized spacial score (nSPS) is 13.5. The van der Waals surface area contributed by atoms with Crippen molar-refractivity contribution in [2.75, 3.05) is 0 Å². The van der Waals surface area contributed by atoms with Crippen LogP contribution in [0.4, 0.5) is 0 Å². The van der Waals surface area contributed by atoms with Crippen LogP contribution in [0.2, 0.25) is 0 Å². The smallest absolute Gasteiger partial charge is 0.326 e. The first-order chi connectivity index (χ1) is 10.3. The van der Waals surface area contributed by atoms with Gasteiger partial charge in [0.05, 0.1) is 12.5 Å². The van der Waals surface area contributed by atoms with Crippen molar-refractivity contribution in [1.29, 1.82) is 0 Å². The van der Waals surface area contributed by atoms with Gasteiger partial charge in [-0.1, -0.05) is 32.4 Å². The zero-order valence-electron chi connectivity index (χ0n) is 13.6. The highest BCUT2D eigenvalue weighted by Gasteiger charge is 2.25. The van der Waals surface area contributed by atoms with Crippen LogP contribution >= 0.6 is 0 Å². The van der Waals surface area contributed by atoms with E-state index in [1.165, 1.54) is 0 Å². The van der Waals surface area contributed by atoms with E-state index in [0.717, 1.165) is 5.56 Å². The standard InChI is InChI=1S/C17H25NO4/c1-5-12(4)16(17(20)21)18-15(19)10-13-7-6-8-14(9-13)22-11(2)3/h6-9,11-12,16H,5,10H2,1-4H3,(H,18,19)(H,20,21). The van der Waals surface area contributed by atoms with E-state index < -0.39 is 12.0 Å². The molecule has 0 aliphatic heterocycles. The summed E-state index contributed by atoms with van der Waals surface area (Å²) in [6.07, 6.45) is 0.885. The van der Waals surface area contributed by atoms with Gasteiger partial charge in [-0.25, -0.2) is 4.79 Å². The number of ether oxygens (including phenoxy) is 1. The third kappa shape index (κ3) is 5.76. The molecule has 5 nitrogen and oxygen atoms in total. The van der Waals surface area contributed by atoms with Crippen molar-refractivity contribution in [3.63, 3.8) is 0 Å². The predicted octanol–water partition coefficient (Wildman–Crippen LogP) is 2.63. The lowest BCUT2D eigenvalue weighted by Gasteiger charge is -2.20. The molecule has 0 fully saturated rings. The number of aliphatic carboxylic acids is 1. The van der Waals surface area contributed by atoms with Crippen LogP contribution in [0.3, 0.4) is 0 Å². The summed E-state index contributed by atoms with van der Waals surface area (Å²) in [5, 5.41) is 11.8.